The van der Waals surface area contributed by atoms with E-state index in [0.717, 1.165) is 53.5 Å². The van der Waals surface area contributed by atoms with Crippen LogP contribution in [0.1, 0.15) is 11.3 Å². The van der Waals surface area contributed by atoms with E-state index in [1.807, 2.05) is 24.3 Å². The number of halogens is 1. The third kappa shape index (κ3) is 4.31. The maximum atomic E-state index is 5.93. The lowest BCUT2D eigenvalue weighted by molar-refractivity contribution is 0.122. The first-order chi connectivity index (χ1) is 13.2. The highest BCUT2D eigenvalue weighted by Gasteiger charge is 2.11. The predicted molar refractivity (Wildman–Crippen MR) is 113 cm³/mol. The van der Waals surface area contributed by atoms with Gasteiger partial charge in [0.05, 0.1) is 25.1 Å². The maximum Gasteiger partial charge on any atom is 0.145 e. The lowest BCUT2D eigenvalue weighted by atomic mass is 10.1. The van der Waals surface area contributed by atoms with E-state index in [4.69, 9.17) is 9.15 Å². The van der Waals surface area contributed by atoms with Crippen molar-refractivity contribution in [2.75, 3.05) is 31.2 Å². The second-order valence-corrected chi connectivity index (χ2v) is 7.41. The van der Waals surface area contributed by atoms with Gasteiger partial charge in [0.15, 0.2) is 0 Å². The zero-order valence-corrected chi connectivity index (χ0v) is 16.8. The van der Waals surface area contributed by atoms with Crippen LogP contribution in [0.15, 0.2) is 68.5 Å². The number of nitrogens with zero attached hydrogens (tertiary/aromatic N) is 2. The molecule has 0 aliphatic carbocycles. The fourth-order valence-electron chi connectivity index (χ4n) is 3.10. The molecule has 1 saturated heterocycles. The van der Waals surface area contributed by atoms with E-state index in [1.54, 1.807) is 6.21 Å². The maximum absolute atomic E-state index is 5.93. The Morgan fingerprint density at radius 3 is 2.52 bits per heavy atom. The summed E-state index contributed by atoms with van der Waals surface area (Å²) in [5.41, 5.74) is 4.36. The van der Waals surface area contributed by atoms with Crippen LogP contribution in [-0.4, -0.2) is 32.5 Å². The van der Waals surface area contributed by atoms with Crippen molar-refractivity contribution in [1.82, 2.24) is 0 Å². The topological polar surface area (TPSA) is 38.0 Å². The molecule has 2 heterocycles. The summed E-state index contributed by atoms with van der Waals surface area (Å²) in [6.45, 7) is 5.52. The Morgan fingerprint density at radius 2 is 1.78 bits per heavy atom. The largest absolute Gasteiger partial charge is 0.455 e. The molecule has 0 N–H and O–H groups in total. The molecule has 0 unspecified atom stereocenters. The molecule has 4 nitrogen and oxygen atoms in total. The zero-order valence-electron chi connectivity index (χ0n) is 15.2. The number of hydrogen-bond acceptors (Lipinski definition) is 4. The van der Waals surface area contributed by atoms with Crippen molar-refractivity contribution in [3.63, 3.8) is 0 Å². The van der Waals surface area contributed by atoms with Gasteiger partial charge >= 0.3 is 0 Å². The molecular formula is C22H21BrN2O2. The van der Waals surface area contributed by atoms with Gasteiger partial charge < -0.3 is 14.1 Å². The Balaban J connectivity index is 1.46. The number of hydrogen-bond donors (Lipinski definition) is 0. The lowest BCUT2D eigenvalue weighted by Crippen LogP contribution is -2.36. The number of aryl methyl sites for hydroxylation is 1. The molecule has 0 atom stereocenters. The monoisotopic (exact) mass is 424 g/mol. The minimum Gasteiger partial charge on any atom is -0.455 e. The van der Waals surface area contributed by atoms with Crippen molar-refractivity contribution >= 4 is 33.5 Å². The van der Waals surface area contributed by atoms with E-state index in [0.29, 0.717) is 0 Å². The highest BCUT2D eigenvalue weighted by Crippen LogP contribution is 2.30. The van der Waals surface area contributed by atoms with Crippen LogP contribution >= 0.6 is 15.9 Å². The minimum absolute atomic E-state index is 0.731. The summed E-state index contributed by atoms with van der Waals surface area (Å²) < 4.78 is 12.4. The van der Waals surface area contributed by atoms with Gasteiger partial charge in [-0.15, -0.1) is 0 Å². The van der Waals surface area contributed by atoms with Crippen molar-refractivity contribution in [3.05, 3.63) is 70.4 Å². The van der Waals surface area contributed by atoms with Crippen LogP contribution in [0.3, 0.4) is 0 Å². The first-order valence-electron chi connectivity index (χ1n) is 9.02. The van der Waals surface area contributed by atoms with Crippen molar-refractivity contribution in [2.24, 2.45) is 4.99 Å². The normalized spacial score (nSPS) is 14.8. The number of furan rings is 1. The molecule has 3 aromatic rings. The molecule has 1 aromatic heterocycles. The highest BCUT2D eigenvalue weighted by atomic mass is 79.9. The third-order valence-electron chi connectivity index (χ3n) is 4.58. The van der Waals surface area contributed by atoms with Gasteiger partial charge in [-0.3, -0.25) is 4.99 Å². The van der Waals surface area contributed by atoms with E-state index in [2.05, 4.69) is 63.1 Å². The molecule has 0 amide bonds. The Labute approximate surface area is 167 Å². The Hall–Kier alpha value is -2.37. The summed E-state index contributed by atoms with van der Waals surface area (Å²) >= 11 is 3.60. The fraction of sp³-hybridized carbons (Fsp3) is 0.227. The van der Waals surface area contributed by atoms with Crippen LogP contribution < -0.4 is 4.90 Å². The predicted octanol–water partition coefficient (Wildman–Crippen LogP) is 5.60. The molecule has 0 saturated carbocycles. The van der Waals surface area contributed by atoms with Crippen LogP contribution in [0.4, 0.5) is 11.4 Å². The second kappa shape index (κ2) is 8.11. The molecule has 5 heteroatoms. The molecule has 0 bridgehead atoms. The van der Waals surface area contributed by atoms with Gasteiger partial charge in [-0.05, 0) is 61.0 Å². The van der Waals surface area contributed by atoms with Crippen molar-refractivity contribution in [1.29, 1.82) is 0 Å². The van der Waals surface area contributed by atoms with Crippen LogP contribution in [0.25, 0.3) is 11.3 Å². The van der Waals surface area contributed by atoms with Gasteiger partial charge in [-0.1, -0.05) is 22.0 Å². The van der Waals surface area contributed by atoms with E-state index >= 15 is 0 Å². The van der Waals surface area contributed by atoms with Crippen LogP contribution in [-0.2, 0) is 4.74 Å². The number of morpholine rings is 1. The number of rotatable bonds is 4. The number of benzene rings is 2. The van der Waals surface area contributed by atoms with Gasteiger partial charge in [0, 0.05) is 28.8 Å². The van der Waals surface area contributed by atoms with Crippen molar-refractivity contribution < 1.29 is 9.15 Å². The third-order valence-corrected chi connectivity index (χ3v) is 5.24. The Morgan fingerprint density at radius 1 is 1.00 bits per heavy atom. The van der Waals surface area contributed by atoms with E-state index in [9.17, 15) is 0 Å². The van der Waals surface area contributed by atoms with Crippen LogP contribution in [0, 0.1) is 6.92 Å². The molecule has 27 heavy (non-hydrogen) atoms. The first kappa shape index (κ1) is 18.0. The summed E-state index contributed by atoms with van der Waals surface area (Å²) in [6.07, 6.45) is 1.76. The quantitative estimate of drug-likeness (QED) is 0.511. The molecule has 2 aromatic carbocycles. The molecule has 1 fully saturated rings. The summed E-state index contributed by atoms with van der Waals surface area (Å²) in [5, 5.41) is 0. The molecule has 1 aliphatic heterocycles. The van der Waals surface area contributed by atoms with E-state index in [-0.39, 0.29) is 0 Å². The molecule has 0 radical (unpaired) electrons. The molecular weight excluding hydrogens is 404 g/mol. The van der Waals surface area contributed by atoms with Gasteiger partial charge in [0.25, 0.3) is 0 Å². The minimum atomic E-state index is 0.731. The number of aliphatic imine (C=N–C) groups is 1. The van der Waals surface area contributed by atoms with Crippen molar-refractivity contribution in [2.45, 2.75) is 6.92 Å². The molecule has 1 aliphatic rings. The highest BCUT2D eigenvalue weighted by molar-refractivity contribution is 9.10. The van der Waals surface area contributed by atoms with Crippen LogP contribution in [0.2, 0.25) is 0 Å². The summed E-state index contributed by atoms with van der Waals surface area (Å²) in [6, 6.07) is 18.4. The van der Waals surface area contributed by atoms with Gasteiger partial charge in [0.2, 0.25) is 0 Å². The van der Waals surface area contributed by atoms with Gasteiger partial charge in [-0.2, -0.15) is 0 Å². The lowest BCUT2D eigenvalue weighted by Gasteiger charge is -2.28. The van der Waals surface area contributed by atoms with E-state index < -0.39 is 0 Å². The standard InChI is InChI=1S/C22H21BrN2O2/c1-16-2-8-20(21(23)14-16)22-9-7-19(27-22)15-24-17-3-5-18(6-4-17)25-10-12-26-13-11-25/h2-9,14-15H,10-13H2,1H3. The number of anilines is 1. The van der Waals surface area contributed by atoms with Crippen molar-refractivity contribution in [3.8, 4) is 11.3 Å². The smallest absolute Gasteiger partial charge is 0.145 e. The van der Waals surface area contributed by atoms with Gasteiger partial charge in [0.1, 0.15) is 11.5 Å². The number of ether oxygens (including phenoxy) is 1. The van der Waals surface area contributed by atoms with E-state index in [1.165, 1.54) is 11.3 Å². The Kier molecular flexibility index (Phi) is 5.41. The van der Waals surface area contributed by atoms with Gasteiger partial charge in [-0.25, -0.2) is 0 Å². The first-order valence-corrected chi connectivity index (χ1v) is 9.81. The second-order valence-electron chi connectivity index (χ2n) is 6.56. The fourth-order valence-corrected chi connectivity index (χ4v) is 3.78. The van der Waals surface area contributed by atoms with Crippen LogP contribution in [0.5, 0.6) is 0 Å². The summed E-state index contributed by atoms with van der Waals surface area (Å²) in [4.78, 5) is 6.86. The molecule has 4 rings (SSSR count). The summed E-state index contributed by atoms with van der Waals surface area (Å²) in [7, 11) is 0. The summed E-state index contributed by atoms with van der Waals surface area (Å²) in [5.74, 6) is 1.56. The molecule has 138 valence electrons. The average Bonchev–Trinajstić information content (AvgIpc) is 3.16. The average molecular weight is 425 g/mol. The zero-order chi connectivity index (χ0) is 18.6. The Bertz CT molecular complexity index is 941. The SMILES string of the molecule is Cc1ccc(-c2ccc(C=Nc3ccc(N4CCOCC4)cc3)o2)c(Br)c1. The molecule has 0 spiro atoms.